The van der Waals surface area contributed by atoms with Gasteiger partial charge in [-0.3, -0.25) is 9.59 Å². The topological polar surface area (TPSA) is 105 Å². The van der Waals surface area contributed by atoms with Crippen LogP contribution in [-0.4, -0.2) is 73.0 Å². The summed E-state index contributed by atoms with van der Waals surface area (Å²) in [5, 5.41) is 5.09. The maximum Gasteiger partial charge on any atom is 0.239 e. The third-order valence-electron chi connectivity index (χ3n) is 7.01. The van der Waals surface area contributed by atoms with Gasteiger partial charge in [-0.05, 0) is 80.1 Å². The Morgan fingerprint density at radius 1 is 1.05 bits per heavy atom. The van der Waals surface area contributed by atoms with Crippen LogP contribution < -0.4 is 16.8 Å². The lowest BCUT2D eigenvalue weighted by Crippen LogP contribution is -2.59. The number of hydrogen-bond acceptors (Lipinski definition) is 5. The number of rotatable bonds is 12. The van der Waals surface area contributed by atoms with Gasteiger partial charge in [0.25, 0.3) is 0 Å². The smallest absolute Gasteiger partial charge is 0.239 e. The first-order chi connectivity index (χ1) is 18.2. The molecule has 7 nitrogen and oxygen atoms in total. The number of nitrogens with zero attached hydrogens (tertiary/aromatic N) is 2. The van der Waals surface area contributed by atoms with Crippen molar-refractivity contribution in [2.75, 3.05) is 39.3 Å². The normalized spacial score (nSPS) is 16.5. The van der Waals surface area contributed by atoms with Gasteiger partial charge in [-0.1, -0.05) is 46.9 Å². The van der Waals surface area contributed by atoms with E-state index < -0.39 is 6.04 Å². The van der Waals surface area contributed by atoms with Crippen LogP contribution in [0, 0.1) is 6.92 Å². The van der Waals surface area contributed by atoms with E-state index in [1.807, 2.05) is 41.0 Å². The van der Waals surface area contributed by atoms with E-state index in [-0.39, 0.29) is 17.9 Å². The summed E-state index contributed by atoms with van der Waals surface area (Å²) in [6.07, 6.45) is 2.96. The Balaban J connectivity index is 1.63. The van der Waals surface area contributed by atoms with E-state index in [1.165, 1.54) is 0 Å². The summed E-state index contributed by atoms with van der Waals surface area (Å²) in [7, 11) is 0. The van der Waals surface area contributed by atoms with E-state index in [1.54, 1.807) is 12.1 Å². The Morgan fingerprint density at radius 3 is 2.45 bits per heavy atom. The summed E-state index contributed by atoms with van der Waals surface area (Å²) < 4.78 is 0. The van der Waals surface area contributed by atoms with Gasteiger partial charge in [-0.15, -0.1) is 0 Å². The second kappa shape index (κ2) is 15.1. The summed E-state index contributed by atoms with van der Waals surface area (Å²) in [6, 6.07) is 10.2. The number of nitrogens with two attached hydrogens (primary N) is 2. The van der Waals surface area contributed by atoms with Gasteiger partial charge in [0, 0.05) is 60.3 Å². The summed E-state index contributed by atoms with van der Waals surface area (Å²) >= 11 is 18.4. The third kappa shape index (κ3) is 8.83. The first-order valence-corrected chi connectivity index (χ1v) is 14.3. The van der Waals surface area contributed by atoms with Crippen LogP contribution in [0.4, 0.5) is 0 Å². The van der Waals surface area contributed by atoms with Crippen LogP contribution in [0.5, 0.6) is 0 Å². The monoisotopic (exact) mass is 581 g/mol. The highest BCUT2D eigenvalue weighted by atomic mass is 35.5. The number of aryl methyl sites for hydroxylation is 2. The molecule has 0 saturated carbocycles. The molecule has 1 fully saturated rings. The fraction of sp³-hybridized carbons (Fsp3) is 0.500. The van der Waals surface area contributed by atoms with Gasteiger partial charge in [0.1, 0.15) is 0 Å². The molecule has 2 aromatic rings. The van der Waals surface area contributed by atoms with E-state index in [2.05, 4.69) is 5.32 Å². The molecule has 10 heteroatoms. The van der Waals surface area contributed by atoms with Gasteiger partial charge in [0.15, 0.2) is 0 Å². The van der Waals surface area contributed by atoms with E-state index in [4.69, 9.17) is 46.3 Å². The van der Waals surface area contributed by atoms with Crippen LogP contribution in [-0.2, 0) is 22.4 Å². The average Bonchev–Trinajstić information content (AvgIpc) is 2.89. The van der Waals surface area contributed by atoms with Gasteiger partial charge in [0.05, 0.1) is 6.04 Å². The van der Waals surface area contributed by atoms with Crippen molar-refractivity contribution in [1.82, 2.24) is 15.1 Å². The second-order valence-corrected chi connectivity index (χ2v) is 11.1. The Hall–Kier alpha value is -1.87. The molecule has 1 aliphatic heterocycles. The summed E-state index contributed by atoms with van der Waals surface area (Å²) in [5.74, 6) is -0.0326. The van der Waals surface area contributed by atoms with Crippen molar-refractivity contribution >= 4 is 46.6 Å². The second-order valence-electron chi connectivity index (χ2n) is 9.82. The van der Waals surface area contributed by atoms with Gasteiger partial charge in [-0.2, -0.15) is 0 Å². The fourth-order valence-electron chi connectivity index (χ4n) is 4.88. The van der Waals surface area contributed by atoms with Crippen molar-refractivity contribution < 1.29 is 9.59 Å². The van der Waals surface area contributed by atoms with Crippen molar-refractivity contribution in [3.63, 3.8) is 0 Å². The first kappa shape index (κ1) is 30.7. The molecule has 1 aliphatic rings. The molecule has 1 unspecified atom stereocenters. The highest BCUT2D eigenvalue weighted by Gasteiger charge is 2.33. The van der Waals surface area contributed by atoms with Crippen molar-refractivity contribution in [3.8, 4) is 0 Å². The minimum absolute atomic E-state index is 0.0594. The van der Waals surface area contributed by atoms with Crippen LogP contribution in [0.25, 0.3) is 0 Å². The summed E-state index contributed by atoms with van der Waals surface area (Å²) in [4.78, 5) is 30.3. The van der Waals surface area contributed by atoms with Crippen molar-refractivity contribution in [1.29, 1.82) is 0 Å². The van der Waals surface area contributed by atoms with Gasteiger partial charge in [0.2, 0.25) is 11.8 Å². The SMILES string of the molecule is Cc1cc(Cl)ccc1C[C@@H](N)C(=O)N1CCN(C(=O)CCc2ccc(Cl)cc2Cl)C(CCCNCCN)C1. The Morgan fingerprint density at radius 2 is 1.76 bits per heavy atom. The number of halogens is 3. The quantitative estimate of drug-likeness (QED) is 0.330. The number of piperazine rings is 1. The Labute approximate surface area is 240 Å². The standard InChI is InChI=1S/C28H38Cl3N5O2/c1-19-15-22(29)8-5-21(19)16-26(33)28(38)35-13-14-36(24(18-35)3-2-11-34-12-10-32)27(37)9-6-20-4-7-23(30)17-25(20)31/h4-5,7-8,15,17,24,26,34H,2-3,6,9-14,16,18,32-33H2,1H3/t24?,26-/m1/s1. The highest BCUT2D eigenvalue weighted by molar-refractivity contribution is 6.35. The zero-order chi connectivity index (χ0) is 27.7. The lowest BCUT2D eigenvalue weighted by atomic mass is 9.99. The molecule has 1 saturated heterocycles. The van der Waals surface area contributed by atoms with Crippen molar-refractivity contribution in [2.24, 2.45) is 11.5 Å². The van der Waals surface area contributed by atoms with E-state index >= 15 is 0 Å². The minimum Gasteiger partial charge on any atom is -0.338 e. The molecule has 0 bridgehead atoms. The van der Waals surface area contributed by atoms with E-state index in [9.17, 15) is 9.59 Å². The molecule has 208 valence electrons. The Bertz CT molecular complexity index is 1100. The van der Waals surface area contributed by atoms with Gasteiger partial charge >= 0.3 is 0 Å². The zero-order valence-electron chi connectivity index (χ0n) is 21.9. The predicted octanol–water partition coefficient (Wildman–Crippen LogP) is 3.83. The average molecular weight is 583 g/mol. The van der Waals surface area contributed by atoms with Crippen LogP contribution in [0.15, 0.2) is 36.4 Å². The van der Waals surface area contributed by atoms with E-state index in [0.717, 1.165) is 42.6 Å². The number of carbonyl (C=O) groups is 2. The molecule has 38 heavy (non-hydrogen) atoms. The van der Waals surface area contributed by atoms with Gasteiger partial charge < -0.3 is 26.6 Å². The molecular formula is C28H38Cl3N5O2. The summed E-state index contributed by atoms with van der Waals surface area (Å²) in [5.41, 5.74) is 14.9. The van der Waals surface area contributed by atoms with Crippen molar-refractivity contribution in [3.05, 3.63) is 68.2 Å². The number of hydrogen-bond donors (Lipinski definition) is 3. The van der Waals surface area contributed by atoms with Crippen LogP contribution in [0.1, 0.15) is 36.0 Å². The molecule has 0 spiro atoms. The molecule has 0 radical (unpaired) electrons. The fourth-order valence-corrected chi connectivity index (χ4v) is 5.61. The first-order valence-electron chi connectivity index (χ1n) is 13.1. The van der Waals surface area contributed by atoms with Gasteiger partial charge in [-0.25, -0.2) is 0 Å². The van der Waals surface area contributed by atoms with Crippen LogP contribution in [0.3, 0.4) is 0 Å². The largest absolute Gasteiger partial charge is 0.338 e. The molecule has 1 heterocycles. The van der Waals surface area contributed by atoms with E-state index in [0.29, 0.717) is 60.5 Å². The number of carbonyl (C=O) groups excluding carboxylic acids is 2. The predicted molar refractivity (Wildman–Crippen MR) is 156 cm³/mol. The molecule has 5 N–H and O–H groups in total. The Kier molecular flexibility index (Phi) is 12.2. The maximum absolute atomic E-state index is 13.3. The molecule has 2 aromatic carbocycles. The van der Waals surface area contributed by atoms with Crippen LogP contribution >= 0.6 is 34.8 Å². The molecule has 0 aliphatic carbocycles. The molecule has 2 amide bonds. The molecule has 0 aromatic heterocycles. The van der Waals surface area contributed by atoms with Crippen LogP contribution in [0.2, 0.25) is 15.1 Å². The highest BCUT2D eigenvalue weighted by Crippen LogP contribution is 2.24. The number of benzene rings is 2. The maximum atomic E-state index is 13.3. The number of amides is 2. The lowest BCUT2D eigenvalue weighted by Gasteiger charge is -2.42. The zero-order valence-corrected chi connectivity index (χ0v) is 24.2. The lowest BCUT2D eigenvalue weighted by molar-refractivity contribution is -0.143. The summed E-state index contributed by atoms with van der Waals surface area (Å²) in [6.45, 7) is 5.51. The molecule has 2 atom stereocenters. The minimum atomic E-state index is -0.656. The molecular weight excluding hydrogens is 545 g/mol. The van der Waals surface area contributed by atoms with Crippen molar-refractivity contribution in [2.45, 2.75) is 51.1 Å². The third-order valence-corrected chi connectivity index (χ3v) is 7.83. The molecule has 3 rings (SSSR count). The number of nitrogens with one attached hydrogen (secondary N) is 1.